The highest BCUT2D eigenvalue weighted by Crippen LogP contribution is 2.22. The largest absolute Gasteiger partial charge is 0.397 e. The van der Waals surface area contributed by atoms with Crippen LogP contribution in [0.4, 0.5) is 11.5 Å². The van der Waals surface area contributed by atoms with Gasteiger partial charge in [0.2, 0.25) is 0 Å². The third kappa shape index (κ3) is 3.44. The monoisotopic (exact) mass is 355 g/mol. The second-order valence-corrected chi connectivity index (χ2v) is 5.35. The fraction of sp³-hybridized carbons (Fsp3) is 0.0833. The van der Waals surface area contributed by atoms with E-state index >= 15 is 0 Å². The summed E-state index contributed by atoms with van der Waals surface area (Å²) in [6, 6.07) is 9.98. The molecule has 0 saturated carbocycles. The van der Waals surface area contributed by atoms with E-state index in [1.165, 1.54) is 5.56 Å². The Morgan fingerprint density at radius 3 is 2.53 bits per heavy atom. The number of anilines is 2. The van der Waals surface area contributed by atoms with Crippen molar-refractivity contribution >= 4 is 43.4 Å². The number of halogens is 2. The topological polar surface area (TPSA) is 50.9 Å². The van der Waals surface area contributed by atoms with E-state index in [1.54, 1.807) is 6.20 Å². The van der Waals surface area contributed by atoms with E-state index in [0.717, 1.165) is 21.3 Å². The molecule has 0 bridgehead atoms. The molecule has 1 aromatic heterocycles. The molecule has 2 aromatic rings. The molecule has 0 aliphatic heterocycles. The number of hydrogen-bond donors (Lipinski definition) is 2. The zero-order valence-electron chi connectivity index (χ0n) is 8.95. The van der Waals surface area contributed by atoms with E-state index in [-0.39, 0.29) is 0 Å². The Balaban J connectivity index is 2.04. The lowest BCUT2D eigenvalue weighted by atomic mass is 10.2. The smallest absolute Gasteiger partial charge is 0.140 e. The Bertz CT molecular complexity index is 512. The van der Waals surface area contributed by atoms with E-state index in [1.807, 2.05) is 18.2 Å². The SMILES string of the molecule is Nc1cnc(NCc2ccc(Br)cc2)c(Br)c1. The quantitative estimate of drug-likeness (QED) is 0.879. The van der Waals surface area contributed by atoms with Crippen molar-refractivity contribution in [1.29, 1.82) is 0 Å². The van der Waals surface area contributed by atoms with Gasteiger partial charge in [-0.1, -0.05) is 28.1 Å². The van der Waals surface area contributed by atoms with Crippen molar-refractivity contribution in [2.75, 3.05) is 11.1 Å². The number of rotatable bonds is 3. The van der Waals surface area contributed by atoms with Gasteiger partial charge in [-0.05, 0) is 39.7 Å². The average molecular weight is 357 g/mol. The third-order valence-corrected chi connectivity index (χ3v) is 3.37. The summed E-state index contributed by atoms with van der Waals surface area (Å²) in [5.41, 5.74) is 7.46. The van der Waals surface area contributed by atoms with Crippen molar-refractivity contribution in [3.8, 4) is 0 Å². The molecule has 2 rings (SSSR count). The molecule has 0 unspecified atom stereocenters. The van der Waals surface area contributed by atoms with Crippen molar-refractivity contribution in [2.24, 2.45) is 0 Å². The van der Waals surface area contributed by atoms with Gasteiger partial charge >= 0.3 is 0 Å². The van der Waals surface area contributed by atoms with Crippen LogP contribution in [0.3, 0.4) is 0 Å². The Labute approximate surface area is 117 Å². The van der Waals surface area contributed by atoms with Gasteiger partial charge < -0.3 is 11.1 Å². The van der Waals surface area contributed by atoms with Crippen molar-refractivity contribution < 1.29 is 0 Å². The number of nitrogens with two attached hydrogens (primary N) is 1. The molecule has 17 heavy (non-hydrogen) atoms. The van der Waals surface area contributed by atoms with Gasteiger partial charge in [0.05, 0.1) is 16.4 Å². The summed E-state index contributed by atoms with van der Waals surface area (Å²) in [4.78, 5) is 4.22. The summed E-state index contributed by atoms with van der Waals surface area (Å²) in [5.74, 6) is 0.794. The predicted octanol–water partition coefficient (Wildman–Crippen LogP) is 3.80. The van der Waals surface area contributed by atoms with E-state index in [0.29, 0.717) is 5.69 Å². The Hall–Kier alpha value is -1.07. The highest BCUT2D eigenvalue weighted by Gasteiger charge is 2.01. The molecule has 0 aliphatic rings. The third-order valence-electron chi connectivity index (χ3n) is 2.24. The fourth-order valence-corrected chi connectivity index (χ4v) is 2.14. The van der Waals surface area contributed by atoms with Gasteiger partial charge in [-0.15, -0.1) is 0 Å². The minimum Gasteiger partial charge on any atom is -0.397 e. The van der Waals surface area contributed by atoms with Crippen LogP contribution in [0.5, 0.6) is 0 Å². The summed E-state index contributed by atoms with van der Waals surface area (Å²) in [7, 11) is 0. The number of nitrogens with one attached hydrogen (secondary N) is 1. The number of aromatic nitrogens is 1. The fourth-order valence-electron chi connectivity index (χ4n) is 1.37. The lowest BCUT2D eigenvalue weighted by Crippen LogP contribution is -2.02. The average Bonchev–Trinajstić information content (AvgIpc) is 2.30. The van der Waals surface area contributed by atoms with Crippen LogP contribution in [0.15, 0.2) is 45.5 Å². The maximum absolute atomic E-state index is 5.63. The van der Waals surface area contributed by atoms with E-state index in [9.17, 15) is 0 Å². The highest BCUT2D eigenvalue weighted by atomic mass is 79.9. The van der Waals surface area contributed by atoms with Crippen LogP contribution in [0.1, 0.15) is 5.56 Å². The Morgan fingerprint density at radius 2 is 1.88 bits per heavy atom. The molecule has 0 fully saturated rings. The van der Waals surface area contributed by atoms with Crippen LogP contribution in [0.2, 0.25) is 0 Å². The summed E-state index contributed by atoms with van der Waals surface area (Å²) in [5, 5.41) is 3.25. The van der Waals surface area contributed by atoms with Gasteiger partial charge in [0, 0.05) is 11.0 Å². The first-order valence-corrected chi connectivity index (χ1v) is 6.63. The van der Waals surface area contributed by atoms with E-state index < -0.39 is 0 Å². The molecule has 0 saturated heterocycles. The molecular weight excluding hydrogens is 346 g/mol. The number of hydrogen-bond acceptors (Lipinski definition) is 3. The zero-order valence-corrected chi connectivity index (χ0v) is 12.1. The summed E-state index contributed by atoms with van der Waals surface area (Å²) >= 11 is 6.83. The van der Waals surface area contributed by atoms with Crippen molar-refractivity contribution in [3.63, 3.8) is 0 Å². The van der Waals surface area contributed by atoms with Crippen molar-refractivity contribution in [1.82, 2.24) is 4.98 Å². The van der Waals surface area contributed by atoms with Crippen LogP contribution >= 0.6 is 31.9 Å². The Kier molecular flexibility index (Phi) is 4.02. The number of nitrogen functional groups attached to an aromatic ring is 1. The van der Waals surface area contributed by atoms with E-state index in [4.69, 9.17) is 5.73 Å². The minimum absolute atomic E-state index is 0.645. The second kappa shape index (κ2) is 5.51. The van der Waals surface area contributed by atoms with Gasteiger partial charge in [0.1, 0.15) is 5.82 Å². The van der Waals surface area contributed by atoms with Crippen LogP contribution < -0.4 is 11.1 Å². The number of benzene rings is 1. The molecule has 5 heteroatoms. The lowest BCUT2D eigenvalue weighted by Gasteiger charge is -2.08. The molecule has 3 nitrogen and oxygen atoms in total. The summed E-state index contributed by atoms with van der Waals surface area (Å²) in [6.07, 6.45) is 1.63. The zero-order chi connectivity index (χ0) is 12.3. The summed E-state index contributed by atoms with van der Waals surface area (Å²) < 4.78 is 1.95. The molecule has 1 aromatic carbocycles. The Morgan fingerprint density at radius 1 is 1.18 bits per heavy atom. The molecule has 1 heterocycles. The minimum atomic E-state index is 0.645. The van der Waals surface area contributed by atoms with Gasteiger partial charge in [-0.2, -0.15) is 0 Å². The molecule has 0 atom stereocenters. The lowest BCUT2D eigenvalue weighted by molar-refractivity contribution is 1.10. The standard InChI is InChI=1S/C12H11Br2N3/c13-9-3-1-8(2-4-9)6-16-12-11(14)5-10(15)7-17-12/h1-5,7H,6,15H2,(H,16,17). The van der Waals surface area contributed by atoms with Crippen LogP contribution in [-0.4, -0.2) is 4.98 Å². The normalized spacial score (nSPS) is 10.2. The maximum atomic E-state index is 5.63. The van der Waals surface area contributed by atoms with Gasteiger partial charge in [0.15, 0.2) is 0 Å². The first-order valence-electron chi connectivity index (χ1n) is 5.04. The maximum Gasteiger partial charge on any atom is 0.140 e. The number of nitrogens with zero attached hydrogens (tertiary/aromatic N) is 1. The first kappa shape index (κ1) is 12.4. The molecule has 0 amide bonds. The van der Waals surface area contributed by atoms with E-state index in [2.05, 4.69) is 54.3 Å². The van der Waals surface area contributed by atoms with Crippen molar-refractivity contribution in [2.45, 2.75) is 6.54 Å². The van der Waals surface area contributed by atoms with Crippen molar-refractivity contribution in [3.05, 3.63) is 51.0 Å². The second-order valence-electron chi connectivity index (χ2n) is 3.58. The van der Waals surface area contributed by atoms with Gasteiger partial charge in [0.25, 0.3) is 0 Å². The van der Waals surface area contributed by atoms with Gasteiger partial charge in [-0.3, -0.25) is 0 Å². The molecule has 0 radical (unpaired) electrons. The van der Waals surface area contributed by atoms with Crippen LogP contribution in [0.25, 0.3) is 0 Å². The molecule has 3 N–H and O–H groups in total. The predicted molar refractivity (Wildman–Crippen MR) is 77.8 cm³/mol. The molecule has 0 spiro atoms. The molecule has 0 aliphatic carbocycles. The van der Waals surface area contributed by atoms with Crippen LogP contribution in [0, 0.1) is 0 Å². The van der Waals surface area contributed by atoms with Crippen LogP contribution in [-0.2, 0) is 6.54 Å². The highest BCUT2D eigenvalue weighted by molar-refractivity contribution is 9.10. The molecular formula is C12H11Br2N3. The first-order chi connectivity index (χ1) is 8.15. The molecule has 88 valence electrons. The number of pyridine rings is 1. The summed E-state index contributed by atoms with van der Waals surface area (Å²) in [6.45, 7) is 0.725. The van der Waals surface area contributed by atoms with Gasteiger partial charge in [-0.25, -0.2) is 4.98 Å².